The molecule has 4 aliphatic carbocycles. The van der Waals surface area contributed by atoms with Crippen molar-refractivity contribution in [3.05, 3.63) is 42.5 Å². The predicted octanol–water partition coefficient (Wildman–Crippen LogP) is 8.15. The number of pyridine rings is 1. The van der Waals surface area contributed by atoms with Crippen molar-refractivity contribution >= 4 is 50.6 Å². The number of benzene rings is 1. The van der Waals surface area contributed by atoms with Crippen LogP contribution in [0.5, 0.6) is 11.6 Å². The Labute approximate surface area is 407 Å². The van der Waals surface area contributed by atoms with Gasteiger partial charge in [0.15, 0.2) is 5.78 Å². The number of nitrogens with zero attached hydrogens (tertiary/aromatic N) is 3. The number of amides is 3. The topological polar surface area (TPSA) is 188 Å². The lowest BCUT2D eigenvalue weighted by molar-refractivity contribution is -0.153. The van der Waals surface area contributed by atoms with E-state index in [4.69, 9.17) is 23.9 Å². The molecule has 3 aliphatic heterocycles. The Balaban J connectivity index is 1.04. The van der Waals surface area contributed by atoms with E-state index in [0.29, 0.717) is 62.3 Å². The Morgan fingerprint density at radius 3 is 2.32 bits per heavy atom. The minimum Gasteiger partial charge on any atom is -0.489 e. The van der Waals surface area contributed by atoms with Gasteiger partial charge < -0.3 is 28.7 Å². The van der Waals surface area contributed by atoms with Crippen molar-refractivity contribution in [2.24, 2.45) is 29.1 Å². The summed E-state index contributed by atoms with van der Waals surface area (Å²) in [5, 5.41) is 0.841. The molecule has 7 atom stereocenters. The molecule has 0 spiro atoms. The van der Waals surface area contributed by atoms with Gasteiger partial charge in [-0.25, -0.2) is 18.2 Å². The van der Waals surface area contributed by atoms with Crippen LogP contribution in [-0.2, 0) is 45.1 Å². The highest BCUT2D eigenvalue weighted by Crippen LogP contribution is 2.57. The van der Waals surface area contributed by atoms with Crippen LogP contribution in [0.25, 0.3) is 10.9 Å². The Morgan fingerprint density at radius 1 is 0.942 bits per heavy atom. The SMILES string of the molecule is C=C[C@@H]1CC1(CC(=O)[C@@H]1C[C@@H]2CN1C(=O)[C@H](C1CCCCC1)CC(=O)O[C@@H]1C[C@H]1CCCCCc1c(nc3ccccc3c1OC1CCN(C(=O)OC(C)(C)C)CC1)O2)C(=O)NS(=O)(=O)C1(C)CC1. The fourth-order valence-electron chi connectivity index (χ4n) is 11.5. The predicted molar refractivity (Wildman–Crippen MR) is 258 cm³/mol. The molecule has 15 nitrogen and oxygen atoms in total. The number of piperidine rings is 1. The fourth-order valence-corrected chi connectivity index (χ4v) is 12.8. The molecule has 4 heterocycles. The molecule has 2 aromatic rings. The number of hydrogen-bond acceptors (Lipinski definition) is 12. The standard InChI is InChI=1S/C53H72N4O11S/c1-6-35-30-53(35,49(61)55-69(63,64)52(5)23-24-52)31-43(58)42-28-37-32-57(42)48(60)40(33-15-9-7-10-16-33)29-45(59)67-44-27-34(44)17-11-8-12-19-39-46(38-18-13-14-20-41(38)54-47(39)66-37)65-36-21-25-56(26-22-36)50(62)68-51(2,3)4/h6,13-14,18,20,33-37,40,42,44H,1,7-12,15-17,19,21-32H2,2-5H3,(H,55,61)/t34-,35-,37-,40+,42+,44-,53?/m1/s1. The average molecular weight is 973 g/mol. The summed E-state index contributed by atoms with van der Waals surface area (Å²) in [6.07, 6.45) is 11.8. The van der Waals surface area contributed by atoms with E-state index in [-0.39, 0.29) is 80.0 Å². The maximum absolute atomic E-state index is 15.3. The number of allylic oxidation sites excluding steroid dienone is 1. The van der Waals surface area contributed by atoms with Gasteiger partial charge in [0.25, 0.3) is 0 Å². The number of ketones is 1. The second-order valence-electron chi connectivity index (χ2n) is 22.6. The number of Topliss-reactive ketones (excluding diaryl/α,β-unsaturated/α-hetero) is 1. The molecule has 1 aromatic heterocycles. The molecule has 16 heteroatoms. The third-order valence-corrected chi connectivity index (χ3v) is 18.4. The van der Waals surface area contributed by atoms with Gasteiger partial charge in [-0.2, -0.15) is 0 Å². The number of ether oxygens (including phenoxy) is 4. The van der Waals surface area contributed by atoms with Gasteiger partial charge >= 0.3 is 12.1 Å². The van der Waals surface area contributed by atoms with E-state index in [1.54, 1.807) is 22.8 Å². The summed E-state index contributed by atoms with van der Waals surface area (Å²) in [4.78, 5) is 79.5. The van der Waals surface area contributed by atoms with Crippen LogP contribution < -0.4 is 14.2 Å². The molecule has 1 N–H and O–H groups in total. The number of fused-ring (bicyclic) bond motifs is 5. The molecule has 7 aliphatic rings. The smallest absolute Gasteiger partial charge is 0.410 e. The van der Waals surface area contributed by atoms with Crippen molar-refractivity contribution < 1.29 is 51.3 Å². The first-order chi connectivity index (χ1) is 32.9. The number of rotatable bonds is 10. The molecular formula is C53H72N4O11S. The maximum atomic E-state index is 15.3. The van der Waals surface area contributed by atoms with Crippen LogP contribution in [0.3, 0.4) is 0 Å². The molecular weight excluding hydrogens is 901 g/mol. The third-order valence-electron chi connectivity index (χ3n) is 16.2. The number of nitrogens with one attached hydrogen (secondary N) is 1. The number of aromatic nitrogens is 1. The number of carbonyl (C=O) groups is 5. The first-order valence-electron chi connectivity index (χ1n) is 25.8. The lowest BCUT2D eigenvalue weighted by Gasteiger charge is -2.34. The molecule has 1 unspecified atom stereocenters. The van der Waals surface area contributed by atoms with E-state index in [0.717, 1.165) is 75.2 Å². The Bertz CT molecular complexity index is 2440. The van der Waals surface area contributed by atoms with Crippen LogP contribution in [0.15, 0.2) is 36.9 Å². The van der Waals surface area contributed by atoms with Crippen molar-refractivity contribution in [3.8, 4) is 11.6 Å². The highest BCUT2D eigenvalue weighted by Gasteiger charge is 2.62. The number of sulfonamides is 1. The van der Waals surface area contributed by atoms with Crippen LogP contribution in [0.1, 0.15) is 149 Å². The zero-order valence-electron chi connectivity index (χ0n) is 41.0. The molecule has 2 saturated heterocycles. The van der Waals surface area contributed by atoms with Gasteiger partial charge in [-0.05, 0) is 115 Å². The average Bonchev–Trinajstić information content (AvgIpc) is 4.28. The Hall–Kier alpha value is -4.73. The molecule has 1 aromatic carbocycles. The molecule has 376 valence electrons. The van der Waals surface area contributed by atoms with Crippen LogP contribution in [0.4, 0.5) is 4.79 Å². The molecule has 2 bridgehead atoms. The first kappa shape index (κ1) is 49.3. The number of likely N-dealkylation sites (tertiary alicyclic amines) is 1. The quantitative estimate of drug-likeness (QED) is 0.178. The molecule has 6 fully saturated rings. The van der Waals surface area contributed by atoms with Crippen molar-refractivity contribution in [1.29, 1.82) is 0 Å². The van der Waals surface area contributed by atoms with Gasteiger partial charge in [0.1, 0.15) is 29.7 Å². The van der Waals surface area contributed by atoms with E-state index in [9.17, 15) is 27.6 Å². The summed E-state index contributed by atoms with van der Waals surface area (Å²) in [7, 11) is -3.99. The molecule has 4 saturated carbocycles. The largest absolute Gasteiger partial charge is 0.489 e. The van der Waals surface area contributed by atoms with E-state index in [1.165, 1.54) is 0 Å². The summed E-state index contributed by atoms with van der Waals surface area (Å²) in [5.74, 6) is -1.64. The van der Waals surface area contributed by atoms with Crippen molar-refractivity contribution in [3.63, 3.8) is 0 Å². The van der Waals surface area contributed by atoms with Gasteiger partial charge in [0.2, 0.25) is 27.7 Å². The molecule has 9 rings (SSSR count). The second-order valence-corrected chi connectivity index (χ2v) is 24.8. The number of hydrogen-bond donors (Lipinski definition) is 1. The van der Waals surface area contributed by atoms with Crippen molar-refractivity contribution in [2.45, 2.75) is 184 Å². The minimum atomic E-state index is -3.99. The maximum Gasteiger partial charge on any atom is 0.410 e. The zero-order chi connectivity index (χ0) is 48.9. The molecule has 69 heavy (non-hydrogen) atoms. The molecule has 0 radical (unpaired) electrons. The summed E-state index contributed by atoms with van der Waals surface area (Å²) >= 11 is 0. The van der Waals surface area contributed by atoms with Crippen LogP contribution in [-0.4, -0.2) is 107 Å². The van der Waals surface area contributed by atoms with Gasteiger partial charge in [0, 0.05) is 44.2 Å². The Morgan fingerprint density at radius 2 is 1.64 bits per heavy atom. The summed E-state index contributed by atoms with van der Waals surface area (Å²) in [6, 6.07) is 6.77. The highest BCUT2D eigenvalue weighted by molar-refractivity contribution is 7.91. The van der Waals surface area contributed by atoms with Crippen molar-refractivity contribution in [1.82, 2.24) is 19.5 Å². The lowest BCUT2D eigenvalue weighted by Crippen LogP contribution is -2.48. The van der Waals surface area contributed by atoms with Gasteiger partial charge in [-0.3, -0.25) is 23.9 Å². The zero-order valence-corrected chi connectivity index (χ0v) is 41.8. The fraction of sp³-hybridized carbons (Fsp3) is 0.698. The van der Waals surface area contributed by atoms with E-state index >= 15 is 4.79 Å². The second kappa shape index (κ2) is 19.5. The highest BCUT2D eigenvalue weighted by atomic mass is 32.2. The summed E-state index contributed by atoms with van der Waals surface area (Å²) in [6.45, 7) is 12.1. The van der Waals surface area contributed by atoms with Gasteiger partial charge in [-0.1, -0.05) is 50.3 Å². The summed E-state index contributed by atoms with van der Waals surface area (Å²) < 4.78 is 53.6. The van der Waals surface area contributed by atoms with E-state index < -0.39 is 55.7 Å². The van der Waals surface area contributed by atoms with Gasteiger partial charge in [-0.15, -0.1) is 6.58 Å². The lowest BCUT2D eigenvalue weighted by atomic mass is 9.77. The monoisotopic (exact) mass is 972 g/mol. The van der Waals surface area contributed by atoms with Crippen molar-refractivity contribution in [2.75, 3.05) is 19.6 Å². The number of esters is 1. The van der Waals surface area contributed by atoms with Crippen LogP contribution >= 0.6 is 0 Å². The van der Waals surface area contributed by atoms with E-state index in [1.807, 2.05) is 45.0 Å². The van der Waals surface area contributed by atoms with Crippen LogP contribution in [0, 0.1) is 29.1 Å². The number of carbonyl (C=O) groups excluding carboxylic acids is 5. The summed E-state index contributed by atoms with van der Waals surface area (Å²) in [5.41, 5.74) is -0.455. The van der Waals surface area contributed by atoms with E-state index in [2.05, 4.69) is 11.3 Å². The number of para-hydroxylation sites is 1. The minimum absolute atomic E-state index is 0.0439. The first-order valence-corrected chi connectivity index (χ1v) is 27.3. The molecule has 3 amide bonds. The van der Waals surface area contributed by atoms with Gasteiger partial charge in [0.05, 0.1) is 46.2 Å². The van der Waals surface area contributed by atoms with Crippen LogP contribution in [0.2, 0.25) is 0 Å². The normalized spacial score (nSPS) is 30.1. The third kappa shape index (κ3) is 10.8. The Kier molecular flexibility index (Phi) is 13.9.